The SMILES string of the molecule is CCCOCC(O)Cc1cc(C)nn1C. The molecule has 0 spiro atoms. The summed E-state index contributed by atoms with van der Waals surface area (Å²) in [6, 6.07) is 1.99. The van der Waals surface area contributed by atoms with E-state index in [9.17, 15) is 5.11 Å². The second kappa shape index (κ2) is 5.88. The third-order valence-corrected chi connectivity index (χ3v) is 2.20. The Bertz CT molecular complexity index is 297. The molecular weight excluding hydrogens is 192 g/mol. The van der Waals surface area contributed by atoms with E-state index in [2.05, 4.69) is 12.0 Å². The lowest BCUT2D eigenvalue weighted by molar-refractivity contribution is 0.0365. The van der Waals surface area contributed by atoms with Crippen LogP contribution in [0.15, 0.2) is 6.07 Å². The summed E-state index contributed by atoms with van der Waals surface area (Å²) in [5.41, 5.74) is 2.02. The second-order valence-corrected chi connectivity index (χ2v) is 3.83. The number of nitrogens with zero attached hydrogens (tertiary/aromatic N) is 2. The van der Waals surface area contributed by atoms with Crippen molar-refractivity contribution in [2.45, 2.75) is 32.8 Å². The Labute approximate surface area is 90.9 Å². The average Bonchev–Trinajstić information content (AvgIpc) is 2.45. The molecular formula is C11H20N2O2. The molecule has 0 aliphatic rings. The van der Waals surface area contributed by atoms with Crippen LogP contribution in [0.4, 0.5) is 0 Å². The molecule has 0 aliphatic carbocycles. The number of rotatable bonds is 6. The minimum absolute atomic E-state index is 0.401. The lowest BCUT2D eigenvalue weighted by atomic mass is 10.2. The van der Waals surface area contributed by atoms with E-state index in [4.69, 9.17) is 4.74 Å². The average molecular weight is 212 g/mol. The number of aryl methyl sites for hydroxylation is 2. The van der Waals surface area contributed by atoms with E-state index >= 15 is 0 Å². The number of hydrogen-bond donors (Lipinski definition) is 1. The van der Waals surface area contributed by atoms with Crippen LogP contribution in [0.5, 0.6) is 0 Å². The Kier molecular flexibility index (Phi) is 4.78. The molecule has 4 heteroatoms. The van der Waals surface area contributed by atoms with Crippen LogP contribution in [-0.2, 0) is 18.2 Å². The van der Waals surface area contributed by atoms with E-state index in [0.29, 0.717) is 19.6 Å². The quantitative estimate of drug-likeness (QED) is 0.717. The minimum Gasteiger partial charge on any atom is -0.390 e. The van der Waals surface area contributed by atoms with E-state index < -0.39 is 6.10 Å². The molecule has 0 amide bonds. The van der Waals surface area contributed by atoms with Gasteiger partial charge in [0.15, 0.2) is 0 Å². The molecule has 0 radical (unpaired) electrons. The number of ether oxygens (including phenoxy) is 1. The second-order valence-electron chi connectivity index (χ2n) is 3.83. The Morgan fingerprint density at radius 1 is 1.60 bits per heavy atom. The van der Waals surface area contributed by atoms with Crippen LogP contribution in [0.25, 0.3) is 0 Å². The molecule has 1 N–H and O–H groups in total. The van der Waals surface area contributed by atoms with Crippen molar-refractivity contribution in [3.05, 3.63) is 17.5 Å². The lowest BCUT2D eigenvalue weighted by Gasteiger charge is -2.10. The molecule has 4 nitrogen and oxygen atoms in total. The number of aliphatic hydroxyl groups excluding tert-OH is 1. The molecule has 86 valence electrons. The standard InChI is InChI=1S/C11H20N2O2/c1-4-5-15-8-11(14)7-10-6-9(2)12-13(10)3/h6,11,14H,4-5,7-8H2,1-3H3. The van der Waals surface area contributed by atoms with Gasteiger partial charge in [-0.05, 0) is 19.4 Å². The molecule has 1 aromatic heterocycles. The largest absolute Gasteiger partial charge is 0.390 e. The van der Waals surface area contributed by atoms with Gasteiger partial charge < -0.3 is 9.84 Å². The molecule has 1 atom stereocenters. The van der Waals surface area contributed by atoms with Crippen molar-refractivity contribution in [1.29, 1.82) is 0 Å². The highest BCUT2D eigenvalue weighted by atomic mass is 16.5. The van der Waals surface area contributed by atoms with Crippen LogP contribution >= 0.6 is 0 Å². The Balaban J connectivity index is 2.37. The van der Waals surface area contributed by atoms with Crippen LogP contribution in [0.1, 0.15) is 24.7 Å². The van der Waals surface area contributed by atoms with Gasteiger partial charge in [-0.3, -0.25) is 4.68 Å². The summed E-state index contributed by atoms with van der Waals surface area (Å²) >= 11 is 0. The third kappa shape index (κ3) is 4.01. The molecule has 15 heavy (non-hydrogen) atoms. The topological polar surface area (TPSA) is 47.3 Å². The van der Waals surface area contributed by atoms with Crippen molar-refractivity contribution in [2.75, 3.05) is 13.2 Å². The molecule has 0 aromatic carbocycles. The number of aliphatic hydroxyl groups is 1. The summed E-state index contributed by atoms with van der Waals surface area (Å²) in [4.78, 5) is 0. The predicted octanol–water partition coefficient (Wildman–Crippen LogP) is 1.06. The van der Waals surface area contributed by atoms with E-state index in [1.165, 1.54) is 0 Å². The first-order valence-electron chi connectivity index (χ1n) is 5.38. The van der Waals surface area contributed by atoms with Gasteiger partial charge in [-0.1, -0.05) is 6.92 Å². The van der Waals surface area contributed by atoms with Crippen LogP contribution in [-0.4, -0.2) is 34.2 Å². The fraction of sp³-hybridized carbons (Fsp3) is 0.727. The summed E-state index contributed by atoms with van der Waals surface area (Å²) in [7, 11) is 1.89. The van der Waals surface area contributed by atoms with Gasteiger partial charge in [0, 0.05) is 25.8 Å². The molecule has 0 fully saturated rings. The van der Waals surface area contributed by atoms with E-state index in [1.54, 1.807) is 4.68 Å². The molecule has 0 saturated heterocycles. The van der Waals surface area contributed by atoms with Crippen molar-refractivity contribution < 1.29 is 9.84 Å². The normalized spacial score (nSPS) is 13.1. The van der Waals surface area contributed by atoms with Gasteiger partial charge in [-0.15, -0.1) is 0 Å². The van der Waals surface area contributed by atoms with E-state index in [0.717, 1.165) is 17.8 Å². The number of hydrogen-bond acceptors (Lipinski definition) is 3. The van der Waals surface area contributed by atoms with Crippen molar-refractivity contribution in [2.24, 2.45) is 7.05 Å². The van der Waals surface area contributed by atoms with Gasteiger partial charge >= 0.3 is 0 Å². The summed E-state index contributed by atoms with van der Waals surface area (Å²) in [5, 5.41) is 13.9. The van der Waals surface area contributed by atoms with Gasteiger partial charge in [0.25, 0.3) is 0 Å². The molecule has 0 saturated carbocycles. The van der Waals surface area contributed by atoms with E-state index in [1.807, 2.05) is 20.0 Å². The van der Waals surface area contributed by atoms with Crippen LogP contribution in [0.3, 0.4) is 0 Å². The summed E-state index contributed by atoms with van der Waals surface area (Å²) in [5.74, 6) is 0. The van der Waals surface area contributed by atoms with Gasteiger partial charge in [0.2, 0.25) is 0 Å². The van der Waals surface area contributed by atoms with Gasteiger partial charge in [-0.2, -0.15) is 5.10 Å². The molecule has 1 aromatic rings. The first-order valence-corrected chi connectivity index (χ1v) is 5.38. The van der Waals surface area contributed by atoms with Gasteiger partial charge in [0.1, 0.15) is 0 Å². The van der Waals surface area contributed by atoms with Crippen molar-refractivity contribution in [3.63, 3.8) is 0 Å². The van der Waals surface area contributed by atoms with Crippen molar-refractivity contribution in [1.82, 2.24) is 9.78 Å². The fourth-order valence-electron chi connectivity index (χ4n) is 1.52. The summed E-state index contributed by atoms with van der Waals surface area (Å²) in [6.07, 6.45) is 1.14. The zero-order valence-electron chi connectivity index (χ0n) is 9.73. The van der Waals surface area contributed by atoms with Crippen LogP contribution in [0.2, 0.25) is 0 Å². The van der Waals surface area contributed by atoms with Crippen molar-refractivity contribution in [3.8, 4) is 0 Å². The third-order valence-electron chi connectivity index (χ3n) is 2.20. The molecule has 1 heterocycles. The Hall–Kier alpha value is -0.870. The van der Waals surface area contributed by atoms with Crippen molar-refractivity contribution >= 4 is 0 Å². The zero-order valence-corrected chi connectivity index (χ0v) is 9.73. The molecule has 1 unspecified atom stereocenters. The van der Waals surface area contributed by atoms with Gasteiger partial charge in [0.05, 0.1) is 18.4 Å². The molecule has 0 bridgehead atoms. The lowest BCUT2D eigenvalue weighted by Crippen LogP contribution is -2.20. The highest BCUT2D eigenvalue weighted by Gasteiger charge is 2.09. The first-order chi connectivity index (χ1) is 7.13. The zero-order chi connectivity index (χ0) is 11.3. The Morgan fingerprint density at radius 3 is 2.87 bits per heavy atom. The first kappa shape index (κ1) is 12.2. The maximum atomic E-state index is 9.70. The molecule has 0 aliphatic heterocycles. The maximum absolute atomic E-state index is 9.70. The number of aromatic nitrogens is 2. The Morgan fingerprint density at radius 2 is 2.33 bits per heavy atom. The van der Waals surface area contributed by atoms with Gasteiger partial charge in [-0.25, -0.2) is 0 Å². The summed E-state index contributed by atoms with van der Waals surface area (Å²) in [6.45, 7) is 5.11. The monoisotopic (exact) mass is 212 g/mol. The van der Waals surface area contributed by atoms with E-state index in [-0.39, 0.29) is 0 Å². The highest BCUT2D eigenvalue weighted by molar-refractivity contribution is 5.09. The van der Waals surface area contributed by atoms with Crippen LogP contribution < -0.4 is 0 Å². The highest BCUT2D eigenvalue weighted by Crippen LogP contribution is 2.05. The molecule has 1 rings (SSSR count). The van der Waals surface area contributed by atoms with Crippen LogP contribution in [0, 0.1) is 6.92 Å². The minimum atomic E-state index is -0.439. The summed E-state index contributed by atoms with van der Waals surface area (Å²) < 4.78 is 7.09. The predicted molar refractivity (Wildman–Crippen MR) is 58.8 cm³/mol. The fourth-order valence-corrected chi connectivity index (χ4v) is 1.52. The smallest absolute Gasteiger partial charge is 0.0828 e. The maximum Gasteiger partial charge on any atom is 0.0828 e.